The molecule has 10 heavy (non-hydrogen) atoms. The highest BCUT2D eigenvalue weighted by Crippen LogP contribution is 2.01. The summed E-state index contributed by atoms with van der Waals surface area (Å²) < 4.78 is 2.18. The van der Waals surface area contributed by atoms with Gasteiger partial charge in [0.25, 0.3) is 0 Å². The molecule has 2 nitrogen and oxygen atoms in total. The van der Waals surface area contributed by atoms with Crippen molar-refractivity contribution in [2.75, 3.05) is 0 Å². The van der Waals surface area contributed by atoms with Crippen molar-refractivity contribution in [3.63, 3.8) is 0 Å². The summed E-state index contributed by atoms with van der Waals surface area (Å²) in [7, 11) is 0. The van der Waals surface area contributed by atoms with Gasteiger partial charge in [-0.15, -0.1) is 0 Å². The second kappa shape index (κ2) is 3.40. The van der Waals surface area contributed by atoms with Gasteiger partial charge in [-0.1, -0.05) is 13.3 Å². The molecule has 0 radical (unpaired) electrons. The molecule has 0 saturated carbocycles. The summed E-state index contributed by atoms with van der Waals surface area (Å²) in [6, 6.07) is 0. The molecule has 0 aliphatic heterocycles. The Morgan fingerprint density at radius 3 is 2.90 bits per heavy atom. The number of rotatable bonds is 3. The van der Waals surface area contributed by atoms with E-state index in [4.69, 9.17) is 0 Å². The van der Waals surface area contributed by atoms with Crippen molar-refractivity contribution in [2.24, 2.45) is 0 Å². The number of hydrogen-bond donors (Lipinski definition) is 0. The predicted octanol–water partition coefficient (Wildman–Crippen LogP) is 1.86. The number of aryl methyl sites for hydroxylation is 2. The first-order valence-electron chi connectivity index (χ1n) is 3.87. The van der Waals surface area contributed by atoms with Crippen LogP contribution in [0.3, 0.4) is 0 Å². The summed E-state index contributed by atoms with van der Waals surface area (Å²) in [5.74, 6) is 0. The maximum absolute atomic E-state index is 4.07. The van der Waals surface area contributed by atoms with Crippen LogP contribution in [0.25, 0.3) is 0 Å². The van der Waals surface area contributed by atoms with Crippen LogP contribution in [0.5, 0.6) is 0 Å². The Labute approximate surface area is 61.9 Å². The molecule has 56 valence electrons. The van der Waals surface area contributed by atoms with E-state index < -0.39 is 0 Å². The lowest BCUT2D eigenvalue weighted by Crippen LogP contribution is -1.97. The molecule has 1 aromatic heterocycles. The average Bonchev–Trinajstić information content (AvgIpc) is 2.36. The van der Waals surface area contributed by atoms with E-state index in [1.54, 1.807) is 0 Å². The molecule has 1 rings (SSSR count). The molecule has 0 amide bonds. The molecule has 0 aliphatic carbocycles. The van der Waals surface area contributed by atoms with Gasteiger partial charge >= 0.3 is 0 Å². The quantitative estimate of drug-likeness (QED) is 0.623. The largest absolute Gasteiger partial charge is 0.335 e. The van der Waals surface area contributed by atoms with E-state index in [0.717, 1.165) is 13.0 Å². The maximum Gasteiger partial charge on any atom is 0.0948 e. The Kier molecular flexibility index (Phi) is 2.49. The average molecular weight is 138 g/mol. The van der Waals surface area contributed by atoms with Gasteiger partial charge in [-0.2, -0.15) is 0 Å². The first-order chi connectivity index (χ1) is 4.88. The van der Waals surface area contributed by atoms with Gasteiger partial charge in [0.2, 0.25) is 0 Å². The third kappa shape index (κ3) is 1.38. The Bertz CT molecular complexity index is 191. The second-order valence-electron chi connectivity index (χ2n) is 2.42. The van der Waals surface area contributed by atoms with Crippen LogP contribution in [0.2, 0.25) is 0 Å². The number of imidazole rings is 1. The van der Waals surface area contributed by atoms with E-state index in [1.165, 1.54) is 12.1 Å². The van der Waals surface area contributed by atoms with Gasteiger partial charge in [0.05, 0.1) is 6.33 Å². The first kappa shape index (κ1) is 7.32. The van der Waals surface area contributed by atoms with Crippen molar-refractivity contribution >= 4 is 0 Å². The molecule has 0 aliphatic rings. The van der Waals surface area contributed by atoms with Gasteiger partial charge in [-0.25, -0.2) is 4.98 Å². The summed E-state index contributed by atoms with van der Waals surface area (Å²) in [5.41, 5.74) is 1.35. The fourth-order valence-corrected chi connectivity index (χ4v) is 1.10. The van der Waals surface area contributed by atoms with Crippen molar-refractivity contribution in [1.29, 1.82) is 0 Å². The van der Waals surface area contributed by atoms with Gasteiger partial charge in [-0.05, 0) is 13.3 Å². The van der Waals surface area contributed by atoms with E-state index in [1.807, 2.05) is 12.5 Å². The summed E-state index contributed by atoms with van der Waals surface area (Å²) in [4.78, 5) is 4.07. The highest BCUT2D eigenvalue weighted by molar-refractivity contribution is 4.97. The highest BCUT2D eigenvalue weighted by atomic mass is 15.0. The Balaban J connectivity index is 2.70. The number of aromatic nitrogens is 2. The SMILES string of the molecule is CCCc1cncn1CC. The van der Waals surface area contributed by atoms with Gasteiger partial charge < -0.3 is 4.57 Å². The molecule has 0 bridgehead atoms. The fraction of sp³-hybridized carbons (Fsp3) is 0.625. The van der Waals surface area contributed by atoms with Crippen LogP contribution in [0.1, 0.15) is 26.0 Å². The van der Waals surface area contributed by atoms with Crippen LogP contribution in [-0.2, 0) is 13.0 Å². The lowest BCUT2D eigenvalue weighted by molar-refractivity contribution is 0.699. The predicted molar refractivity (Wildman–Crippen MR) is 41.9 cm³/mol. The van der Waals surface area contributed by atoms with Crippen LogP contribution >= 0.6 is 0 Å². The monoisotopic (exact) mass is 138 g/mol. The van der Waals surface area contributed by atoms with Crippen LogP contribution in [-0.4, -0.2) is 9.55 Å². The normalized spacial score (nSPS) is 10.2. The van der Waals surface area contributed by atoms with E-state index in [0.29, 0.717) is 0 Å². The Hall–Kier alpha value is -0.790. The molecule has 0 fully saturated rings. The zero-order chi connectivity index (χ0) is 7.40. The van der Waals surface area contributed by atoms with Crippen LogP contribution in [0.15, 0.2) is 12.5 Å². The maximum atomic E-state index is 4.07. The molecule has 0 aromatic carbocycles. The highest BCUT2D eigenvalue weighted by Gasteiger charge is 1.96. The Morgan fingerprint density at radius 1 is 1.50 bits per heavy atom. The van der Waals surface area contributed by atoms with E-state index in [9.17, 15) is 0 Å². The first-order valence-corrected chi connectivity index (χ1v) is 3.87. The molecular formula is C8H14N2. The molecule has 1 aromatic rings. The Morgan fingerprint density at radius 2 is 2.30 bits per heavy atom. The van der Waals surface area contributed by atoms with Gasteiger partial charge in [0.1, 0.15) is 0 Å². The van der Waals surface area contributed by atoms with Crippen molar-refractivity contribution < 1.29 is 0 Å². The summed E-state index contributed by atoms with van der Waals surface area (Å²) in [5, 5.41) is 0. The summed E-state index contributed by atoms with van der Waals surface area (Å²) in [6.45, 7) is 5.36. The van der Waals surface area contributed by atoms with E-state index in [-0.39, 0.29) is 0 Å². The molecule has 0 saturated heterocycles. The van der Waals surface area contributed by atoms with Crippen molar-refractivity contribution in [3.8, 4) is 0 Å². The standard InChI is InChI=1S/C8H14N2/c1-3-5-8-6-9-7-10(8)4-2/h6-7H,3-5H2,1-2H3. The minimum atomic E-state index is 1.04. The molecule has 0 unspecified atom stereocenters. The smallest absolute Gasteiger partial charge is 0.0948 e. The van der Waals surface area contributed by atoms with Crippen molar-refractivity contribution in [1.82, 2.24) is 9.55 Å². The minimum absolute atomic E-state index is 1.04. The molecule has 0 spiro atoms. The third-order valence-electron chi connectivity index (χ3n) is 1.65. The lowest BCUT2D eigenvalue weighted by atomic mass is 10.3. The van der Waals surface area contributed by atoms with Gasteiger partial charge in [0.15, 0.2) is 0 Å². The molecule has 0 atom stereocenters. The summed E-state index contributed by atoms with van der Waals surface area (Å²) in [6.07, 6.45) is 6.19. The van der Waals surface area contributed by atoms with Crippen LogP contribution < -0.4 is 0 Å². The molecule has 2 heteroatoms. The fourth-order valence-electron chi connectivity index (χ4n) is 1.10. The topological polar surface area (TPSA) is 17.8 Å². The number of nitrogens with zero attached hydrogens (tertiary/aromatic N) is 2. The third-order valence-corrected chi connectivity index (χ3v) is 1.65. The molecule has 0 N–H and O–H groups in total. The van der Waals surface area contributed by atoms with Crippen molar-refractivity contribution in [2.45, 2.75) is 33.2 Å². The van der Waals surface area contributed by atoms with E-state index >= 15 is 0 Å². The number of hydrogen-bond acceptors (Lipinski definition) is 1. The van der Waals surface area contributed by atoms with Crippen LogP contribution in [0, 0.1) is 0 Å². The van der Waals surface area contributed by atoms with Gasteiger partial charge in [0, 0.05) is 18.4 Å². The zero-order valence-corrected chi connectivity index (χ0v) is 6.67. The van der Waals surface area contributed by atoms with E-state index in [2.05, 4.69) is 23.4 Å². The summed E-state index contributed by atoms with van der Waals surface area (Å²) >= 11 is 0. The zero-order valence-electron chi connectivity index (χ0n) is 6.67. The minimum Gasteiger partial charge on any atom is -0.335 e. The lowest BCUT2D eigenvalue weighted by Gasteiger charge is -2.01. The second-order valence-corrected chi connectivity index (χ2v) is 2.42. The molecule has 1 heterocycles. The van der Waals surface area contributed by atoms with Gasteiger partial charge in [-0.3, -0.25) is 0 Å². The molecular weight excluding hydrogens is 124 g/mol. The van der Waals surface area contributed by atoms with Crippen LogP contribution in [0.4, 0.5) is 0 Å². The van der Waals surface area contributed by atoms with Crippen molar-refractivity contribution in [3.05, 3.63) is 18.2 Å².